The Kier molecular flexibility index (Phi) is 8.96. The van der Waals surface area contributed by atoms with Crippen LogP contribution in [-0.4, -0.2) is 25.4 Å². The van der Waals surface area contributed by atoms with Gasteiger partial charge in [-0.05, 0) is 69.2 Å². The number of rotatable bonds is 4. The van der Waals surface area contributed by atoms with E-state index >= 15 is 0 Å². The molecular weight excluding hydrogens is 331 g/mol. The number of hydrogen-bond acceptors (Lipinski definition) is 3. The standard InChI is InChI=1S/C18H26N2O.2ClH/c21-18(7-4-14-8-11-19-12-9-14)16-6-5-15-3-1-2-10-20-17(15)13-16;;/h5-6,13-14,19-20H,1-4,7-12H2;2*1H. The molecule has 1 aromatic carbocycles. The number of aryl methyl sites for hydroxylation is 1. The van der Waals surface area contributed by atoms with Gasteiger partial charge in [0.1, 0.15) is 0 Å². The molecule has 5 heteroatoms. The summed E-state index contributed by atoms with van der Waals surface area (Å²) >= 11 is 0. The first kappa shape index (κ1) is 20.3. The summed E-state index contributed by atoms with van der Waals surface area (Å²) in [5.74, 6) is 1.04. The Morgan fingerprint density at radius 1 is 1.09 bits per heavy atom. The fourth-order valence-corrected chi connectivity index (χ4v) is 3.45. The fraction of sp³-hybridized carbons (Fsp3) is 0.611. The smallest absolute Gasteiger partial charge is 0.162 e. The van der Waals surface area contributed by atoms with E-state index in [2.05, 4.69) is 22.8 Å². The van der Waals surface area contributed by atoms with Crippen LogP contribution in [0.1, 0.15) is 54.4 Å². The molecule has 3 rings (SSSR count). The molecule has 0 aromatic heterocycles. The highest BCUT2D eigenvalue weighted by Gasteiger charge is 2.16. The largest absolute Gasteiger partial charge is 0.385 e. The molecule has 1 saturated heterocycles. The molecule has 2 aliphatic heterocycles. The van der Waals surface area contributed by atoms with E-state index in [9.17, 15) is 4.79 Å². The van der Waals surface area contributed by atoms with Crippen molar-refractivity contribution >= 4 is 36.3 Å². The van der Waals surface area contributed by atoms with Crippen LogP contribution in [0.4, 0.5) is 5.69 Å². The van der Waals surface area contributed by atoms with E-state index in [-0.39, 0.29) is 24.8 Å². The van der Waals surface area contributed by atoms with Gasteiger partial charge in [0.05, 0.1) is 0 Å². The SMILES string of the molecule is Cl.Cl.O=C(CCC1CCNCC1)c1ccc2c(c1)NCCCC2. The molecule has 2 N–H and O–H groups in total. The lowest BCUT2D eigenvalue weighted by Crippen LogP contribution is -2.28. The Balaban J connectivity index is 0.00000132. The molecule has 0 atom stereocenters. The van der Waals surface area contributed by atoms with Gasteiger partial charge in [0.2, 0.25) is 0 Å². The molecule has 0 unspecified atom stereocenters. The molecule has 23 heavy (non-hydrogen) atoms. The summed E-state index contributed by atoms with van der Waals surface area (Å²) in [6.07, 6.45) is 7.77. The van der Waals surface area contributed by atoms with Crippen LogP contribution in [0.3, 0.4) is 0 Å². The predicted octanol–water partition coefficient (Wildman–Crippen LogP) is 4.24. The number of ketones is 1. The van der Waals surface area contributed by atoms with Crippen LogP contribution in [-0.2, 0) is 6.42 Å². The second-order valence-electron chi connectivity index (χ2n) is 6.41. The molecule has 0 spiro atoms. The molecule has 0 amide bonds. The molecule has 1 aromatic rings. The van der Waals surface area contributed by atoms with Gasteiger partial charge in [-0.1, -0.05) is 12.1 Å². The van der Waals surface area contributed by atoms with Gasteiger partial charge in [-0.25, -0.2) is 0 Å². The van der Waals surface area contributed by atoms with Crippen molar-refractivity contribution in [3.8, 4) is 0 Å². The van der Waals surface area contributed by atoms with E-state index in [0.717, 1.165) is 44.0 Å². The summed E-state index contributed by atoms with van der Waals surface area (Å²) in [5, 5.41) is 6.85. The van der Waals surface area contributed by atoms with Gasteiger partial charge >= 0.3 is 0 Å². The quantitative estimate of drug-likeness (QED) is 0.790. The van der Waals surface area contributed by atoms with Gasteiger partial charge < -0.3 is 10.6 Å². The van der Waals surface area contributed by atoms with Crippen LogP contribution in [0.25, 0.3) is 0 Å². The summed E-state index contributed by atoms with van der Waals surface area (Å²) in [7, 11) is 0. The minimum Gasteiger partial charge on any atom is -0.385 e. The van der Waals surface area contributed by atoms with E-state index in [1.807, 2.05) is 6.07 Å². The minimum atomic E-state index is 0. The third-order valence-corrected chi connectivity index (χ3v) is 4.86. The summed E-state index contributed by atoms with van der Waals surface area (Å²) in [5.41, 5.74) is 3.43. The summed E-state index contributed by atoms with van der Waals surface area (Å²) in [6.45, 7) is 3.25. The number of halogens is 2. The van der Waals surface area contributed by atoms with Crippen LogP contribution in [0, 0.1) is 5.92 Å². The van der Waals surface area contributed by atoms with Crippen LogP contribution in [0.15, 0.2) is 18.2 Å². The summed E-state index contributed by atoms with van der Waals surface area (Å²) in [4.78, 5) is 12.4. The highest BCUT2D eigenvalue weighted by atomic mass is 35.5. The van der Waals surface area contributed by atoms with Gasteiger partial charge in [-0.3, -0.25) is 4.79 Å². The lowest BCUT2D eigenvalue weighted by Gasteiger charge is -2.22. The first-order valence-corrected chi connectivity index (χ1v) is 8.43. The lowest BCUT2D eigenvalue weighted by atomic mass is 9.91. The topological polar surface area (TPSA) is 41.1 Å². The molecule has 3 nitrogen and oxygen atoms in total. The first-order valence-electron chi connectivity index (χ1n) is 8.43. The number of fused-ring (bicyclic) bond motifs is 1. The monoisotopic (exact) mass is 358 g/mol. The van der Waals surface area contributed by atoms with Crippen molar-refractivity contribution in [3.63, 3.8) is 0 Å². The van der Waals surface area contributed by atoms with Gasteiger partial charge in [0, 0.05) is 24.2 Å². The summed E-state index contributed by atoms with van der Waals surface area (Å²) < 4.78 is 0. The Labute approximate surface area is 151 Å². The zero-order valence-corrected chi connectivity index (χ0v) is 15.2. The average molecular weight is 359 g/mol. The van der Waals surface area contributed by atoms with Gasteiger partial charge in [0.15, 0.2) is 5.78 Å². The van der Waals surface area contributed by atoms with Gasteiger partial charge in [-0.15, -0.1) is 24.8 Å². The zero-order chi connectivity index (χ0) is 14.5. The third-order valence-electron chi connectivity index (χ3n) is 4.86. The normalized spacial score (nSPS) is 17.7. The van der Waals surface area contributed by atoms with Crippen LogP contribution in [0.2, 0.25) is 0 Å². The Morgan fingerprint density at radius 3 is 2.65 bits per heavy atom. The van der Waals surface area contributed by atoms with Crippen molar-refractivity contribution in [2.45, 2.75) is 44.9 Å². The average Bonchev–Trinajstić information content (AvgIpc) is 2.78. The second-order valence-corrected chi connectivity index (χ2v) is 6.41. The fourth-order valence-electron chi connectivity index (χ4n) is 3.45. The molecular formula is C18H28Cl2N2O. The number of hydrogen-bond donors (Lipinski definition) is 2. The van der Waals surface area contributed by atoms with E-state index in [1.54, 1.807) is 0 Å². The Morgan fingerprint density at radius 2 is 1.87 bits per heavy atom. The highest BCUT2D eigenvalue weighted by Crippen LogP contribution is 2.25. The molecule has 1 fully saturated rings. The maximum absolute atomic E-state index is 12.4. The number of nitrogens with one attached hydrogen (secondary N) is 2. The van der Waals surface area contributed by atoms with Crippen LogP contribution in [0.5, 0.6) is 0 Å². The van der Waals surface area contributed by atoms with E-state index in [0.29, 0.717) is 12.2 Å². The molecule has 0 aliphatic carbocycles. The highest BCUT2D eigenvalue weighted by molar-refractivity contribution is 5.97. The first-order chi connectivity index (χ1) is 10.3. The number of carbonyl (C=O) groups is 1. The molecule has 130 valence electrons. The molecule has 2 heterocycles. The van der Waals surface area contributed by atoms with Gasteiger partial charge in [0.25, 0.3) is 0 Å². The van der Waals surface area contributed by atoms with Crippen molar-refractivity contribution in [1.82, 2.24) is 5.32 Å². The van der Waals surface area contributed by atoms with Gasteiger partial charge in [-0.2, -0.15) is 0 Å². The van der Waals surface area contributed by atoms with Crippen molar-refractivity contribution in [1.29, 1.82) is 0 Å². The van der Waals surface area contributed by atoms with E-state index in [1.165, 1.54) is 36.9 Å². The van der Waals surface area contributed by atoms with Crippen molar-refractivity contribution in [2.24, 2.45) is 5.92 Å². The molecule has 0 radical (unpaired) electrons. The molecule has 0 bridgehead atoms. The number of Topliss-reactive ketones (excluding diaryl/α,β-unsaturated/α-hetero) is 1. The van der Waals surface area contributed by atoms with E-state index in [4.69, 9.17) is 0 Å². The van der Waals surface area contributed by atoms with Crippen molar-refractivity contribution < 1.29 is 4.79 Å². The maximum Gasteiger partial charge on any atom is 0.162 e. The number of carbonyl (C=O) groups excluding carboxylic acids is 1. The van der Waals surface area contributed by atoms with Crippen LogP contribution >= 0.6 is 24.8 Å². The summed E-state index contributed by atoms with van der Waals surface area (Å²) in [6, 6.07) is 6.24. The molecule has 2 aliphatic rings. The maximum atomic E-state index is 12.4. The van der Waals surface area contributed by atoms with Crippen molar-refractivity contribution in [2.75, 3.05) is 25.0 Å². The zero-order valence-electron chi connectivity index (χ0n) is 13.6. The Bertz CT molecular complexity index is 502. The predicted molar refractivity (Wildman–Crippen MR) is 102 cm³/mol. The Hall–Kier alpha value is -0.770. The number of anilines is 1. The van der Waals surface area contributed by atoms with E-state index < -0.39 is 0 Å². The minimum absolute atomic E-state index is 0. The second kappa shape index (κ2) is 10.2. The third kappa shape index (κ3) is 5.66. The molecule has 0 saturated carbocycles. The lowest BCUT2D eigenvalue weighted by molar-refractivity contribution is 0.0971. The van der Waals surface area contributed by atoms with Crippen LogP contribution < -0.4 is 10.6 Å². The number of benzene rings is 1. The van der Waals surface area contributed by atoms with Crippen molar-refractivity contribution in [3.05, 3.63) is 29.3 Å². The number of piperidine rings is 1.